The minimum atomic E-state index is -4.80. The predicted octanol–water partition coefficient (Wildman–Crippen LogP) is 8.28. The van der Waals surface area contributed by atoms with Crippen LogP contribution in [0, 0.1) is 17.5 Å². The number of unbranched alkanes of at least 4 members (excludes halogenated alkanes) is 1. The van der Waals surface area contributed by atoms with E-state index in [0.29, 0.717) is 42.4 Å². The minimum absolute atomic E-state index is 0.258. The molecule has 0 amide bonds. The molecule has 1 atom stereocenters. The van der Waals surface area contributed by atoms with Crippen LogP contribution >= 0.6 is 0 Å². The van der Waals surface area contributed by atoms with Gasteiger partial charge in [0.1, 0.15) is 11.6 Å². The highest BCUT2D eigenvalue weighted by Gasteiger charge is 2.31. The first kappa shape index (κ1) is 24.2. The van der Waals surface area contributed by atoms with Crippen LogP contribution in [-0.4, -0.2) is 6.36 Å². The van der Waals surface area contributed by atoms with Crippen molar-refractivity contribution in [2.24, 2.45) is 0 Å². The van der Waals surface area contributed by atoms with Crippen LogP contribution in [0.4, 0.5) is 26.3 Å². The van der Waals surface area contributed by atoms with Crippen LogP contribution in [0.1, 0.15) is 54.4 Å². The summed E-state index contributed by atoms with van der Waals surface area (Å²) < 4.78 is 85.3. The van der Waals surface area contributed by atoms with E-state index in [0.717, 1.165) is 36.1 Å². The molecule has 0 aliphatic heterocycles. The molecule has 0 spiro atoms. The van der Waals surface area contributed by atoms with Crippen LogP contribution in [0.5, 0.6) is 5.75 Å². The summed E-state index contributed by atoms with van der Waals surface area (Å²) in [5.41, 5.74) is 3.00. The first-order valence-corrected chi connectivity index (χ1v) is 11.3. The van der Waals surface area contributed by atoms with Gasteiger partial charge in [-0.2, -0.15) is 0 Å². The molecule has 1 nitrogen and oxygen atoms in total. The smallest absolute Gasteiger partial charge is 0.406 e. The molecule has 1 aliphatic rings. The first-order chi connectivity index (χ1) is 16.2. The molecule has 0 fully saturated rings. The lowest BCUT2D eigenvalue weighted by Crippen LogP contribution is -2.17. The maximum absolute atomic E-state index is 14.9. The van der Waals surface area contributed by atoms with Crippen molar-refractivity contribution in [1.29, 1.82) is 0 Å². The predicted molar refractivity (Wildman–Crippen MR) is 118 cm³/mol. The molecule has 3 aromatic carbocycles. The number of alkyl halides is 3. The molecule has 180 valence electrons. The average molecular weight is 478 g/mol. The Labute approximate surface area is 194 Å². The van der Waals surface area contributed by atoms with E-state index in [1.807, 2.05) is 6.92 Å². The molecule has 0 saturated carbocycles. The van der Waals surface area contributed by atoms with Gasteiger partial charge in [-0.15, -0.1) is 13.2 Å². The molecular formula is C27H24F6O. The van der Waals surface area contributed by atoms with Crippen LogP contribution in [0.15, 0.2) is 48.5 Å². The number of hydrogen-bond donors (Lipinski definition) is 0. The lowest BCUT2D eigenvalue weighted by Gasteiger charge is -2.26. The second-order valence-corrected chi connectivity index (χ2v) is 8.66. The summed E-state index contributed by atoms with van der Waals surface area (Å²) in [6.45, 7) is 1.99. The molecule has 0 radical (unpaired) electrons. The zero-order valence-corrected chi connectivity index (χ0v) is 18.6. The number of aryl methyl sites for hydroxylation is 2. The molecular weight excluding hydrogens is 454 g/mol. The van der Waals surface area contributed by atoms with Crippen molar-refractivity contribution in [1.82, 2.24) is 0 Å². The Morgan fingerprint density at radius 3 is 2.32 bits per heavy atom. The number of rotatable bonds is 6. The highest BCUT2D eigenvalue weighted by Crippen LogP contribution is 2.38. The van der Waals surface area contributed by atoms with Gasteiger partial charge in [0.05, 0.1) is 0 Å². The van der Waals surface area contributed by atoms with Crippen LogP contribution in [0.3, 0.4) is 0 Å². The van der Waals surface area contributed by atoms with Crippen molar-refractivity contribution in [2.45, 2.75) is 57.7 Å². The van der Waals surface area contributed by atoms with E-state index in [1.165, 1.54) is 18.2 Å². The molecule has 4 rings (SSSR count). The number of halogens is 6. The monoisotopic (exact) mass is 478 g/mol. The SMILES string of the molecule is CCCCc1ccc(C2CCc3cc(-c4ccc(OC(F)(F)F)cc4)c(F)cc3C2)c(F)c1F. The fourth-order valence-corrected chi connectivity index (χ4v) is 4.58. The van der Waals surface area contributed by atoms with Crippen LogP contribution < -0.4 is 4.74 Å². The van der Waals surface area contributed by atoms with Gasteiger partial charge in [0.15, 0.2) is 11.6 Å². The molecule has 3 aromatic rings. The van der Waals surface area contributed by atoms with E-state index in [1.54, 1.807) is 18.2 Å². The molecule has 1 unspecified atom stereocenters. The van der Waals surface area contributed by atoms with Gasteiger partial charge in [0.2, 0.25) is 0 Å². The van der Waals surface area contributed by atoms with Crippen LogP contribution in [-0.2, 0) is 19.3 Å². The largest absolute Gasteiger partial charge is 0.573 e. The van der Waals surface area contributed by atoms with Gasteiger partial charge in [0.25, 0.3) is 0 Å². The summed E-state index contributed by atoms with van der Waals surface area (Å²) in [4.78, 5) is 0. The van der Waals surface area contributed by atoms with Crippen LogP contribution in [0.25, 0.3) is 11.1 Å². The number of benzene rings is 3. The zero-order valence-electron chi connectivity index (χ0n) is 18.6. The van der Waals surface area contributed by atoms with E-state index < -0.39 is 23.8 Å². The van der Waals surface area contributed by atoms with Crippen molar-refractivity contribution in [2.75, 3.05) is 0 Å². The maximum atomic E-state index is 14.9. The van der Waals surface area contributed by atoms with Gasteiger partial charge in [0, 0.05) is 5.56 Å². The van der Waals surface area contributed by atoms with Gasteiger partial charge in [-0.3, -0.25) is 0 Å². The maximum Gasteiger partial charge on any atom is 0.573 e. The summed E-state index contributed by atoms with van der Waals surface area (Å²) in [5, 5.41) is 0. The Kier molecular flexibility index (Phi) is 6.91. The van der Waals surface area contributed by atoms with E-state index in [2.05, 4.69) is 4.74 Å². The summed E-state index contributed by atoms with van der Waals surface area (Å²) in [5.74, 6) is -2.78. The van der Waals surface area contributed by atoms with Gasteiger partial charge < -0.3 is 4.74 Å². The summed E-state index contributed by atoms with van der Waals surface area (Å²) >= 11 is 0. The normalized spacial score (nSPS) is 15.8. The third-order valence-electron chi connectivity index (χ3n) is 6.35. The number of ether oxygens (including phenoxy) is 1. The third-order valence-corrected chi connectivity index (χ3v) is 6.35. The van der Waals surface area contributed by atoms with Gasteiger partial charge in [-0.05, 0) is 90.1 Å². The molecule has 0 aromatic heterocycles. The summed E-state index contributed by atoms with van der Waals surface area (Å²) in [6, 6.07) is 11.4. The van der Waals surface area contributed by atoms with Crippen molar-refractivity contribution in [3.8, 4) is 16.9 Å². The zero-order chi connectivity index (χ0) is 24.5. The molecule has 0 heterocycles. The van der Waals surface area contributed by atoms with Crippen molar-refractivity contribution in [3.05, 3.63) is 88.2 Å². The van der Waals surface area contributed by atoms with Gasteiger partial charge in [-0.1, -0.05) is 37.6 Å². The van der Waals surface area contributed by atoms with Gasteiger partial charge in [-0.25, -0.2) is 13.2 Å². The summed E-state index contributed by atoms with van der Waals surface area (Å²) in [6.07, 6.45) is -1.11. The molecule has 1 aliphatic carbocycles. The lowest BCUT2D eigenvalue weighted by atomic mass is 9.78. The highest BCUT2D eigenvalue weighted by molar-refractivity contribution is 5.67. The topological polar surface area (TPSA) is 9.23 Å². The average Bonchev–Trinajstić information content (AvgIpc) is 2.79. The minimum Gasteiger partial charge on any atom is -0.406 e. The van der Waals surface area contributed by atoms with Crippen LogP contribution in [0.2, 0.25) is 0 Å². The standard InChI is InChI=1S/C27H24F6O/c1-2-3-4-17-9-12-22(26(30)25(17)29)19-6-5-18-14-23(24(28)15-20(18)13-19)16-7-10-21(11-8-16)34-27(31,32)33/h7-12,14-15,19H,2-6,13H2,1H3. The van der Waals surface area contributed by atoms with Gasteiger partial charge >= 0.3 is 6.36 Å². The van der Waals surface area contributed by atoms with Crippen molar-refractivity contribution < 1.29 is 31.1 Å². The van der Waals surface area contributed by atoms with E-state index in [9.17, 15) is 26.3 Å². The Bertz CT molecular complexity index is 1170. The molecule has 0 bridgehead atoms. The van der Waals surface area contributed by atoms with Crippen molar-refractivity contribution in [3.63, 3.8) is 0 Å². The molecule has 0 N–H and O–H groups in total. The Morgan fingerprint density at radius 1 is 0.912 bits per heavy atom. The Morgan fingerprint density at radius 2 is 1.65 bits per heavy atom. The quantitative estimate of drug-likeness (QED) is 0.324. The Hall–Kier alpha value is -2.96. The second kappa shape index (κ2) is 9.72. The third kappa shape index (κ3) is 5.24. The van der Waals surface area contributed by atoms with Crippen molar-refractivity contribution >= 4 is 0 Å². The molecule has 7 heteroatoms. The first-order valence-electron chi connectivity index (χ1n) is 11.3. The highest BCUT2D eigenvalue weighted by atomic mass is 19.4. The molecule has 34 heavy (non-hydrogen) atoms. The molecule has 0 saturated heterocycles. The van der Waals surface area contributed by atoms with E-state index in [4.69, 9.17) is 0 Å². The number of fused-ring (bicyclic) bond motifs is 1. The number of hydrogen-bond acceptors (Lipinski definition) is 1. The lowest BCUT2D eigenvalue weighted by molar-refractivity contribution is -0.274. The van der Waals surface area contributed by atoms with E-state index >= 15 is 0 Å². The fraction of sp³-hybridized carbons (Fsp3) is 0.333. The Balaban J connectivity index is 1.55. The fourth-order valence-electron chi connectivity index (χ4n) is 4.58. The second-order valence-electron chi connectivity index (χ2n) is 8.66. The van der Waals surface area contributed by atoms with E-state index in [-0.39, 0.29) is 17.2 Å². The summed E-state index contributed by atoms with van der Waals surface area (Å²) in [7, 11) is 0.